The lowest BCUT2D eigenvalue weighted by atomic mass is 10.2. The third-order valence-electron chi connectivity index (χ3n) is 4.63. The van der Waals surface area contributed by atoms with Crippen molar-refractivity contribution in [2.75, 3.05) is 6.61 Å². The Bertz CT molecular complexity index is 1110. The van der Waals surface area contributed by atoms with Crippen LogP contribution in [0.4, 0.5) is 0 Å². The fourth-order valence-corrected chi connectivity index (χ4v) is 3.58. The van der Waals surface area contributed by atoms with Gasteiger partial charge in [0.15, 0.2) is 0 Å². The average Bonchev–Trinajstić information content (AvgIpc) is 3.38. The van der Waals surface area contributed by atoms with Gasteiger partial charge in [-0.1, -0.05) is 13.1 Å². The Hall–Kier alpha value is -2.94. The number of benzene rings is 1. The molecular formula is C22H24N3O4Si. The summed E-state index contributed by atoms with van der Waals surface area (Å²) < 4.78 is 19.0. The number of hydrogen-bond donors (Lipinski definition) is 1. The molecular weight excluding hydrogens is 398 g/mol. The van der Waals surface area contributed by atoms with Crippen molar-refractivity contribution in [3.63, 3.8) is 0 Å². The predicted octanol–water partition coefficient (Wildman–Crippen LogP) is 4.70. The summed E-state index contributed by atoms with van der Waals surface area (Å²) in [6.07, 6.45) is 3.52. The molecule has 0 saturated heterocycles. The van der Waals surface area contributed by atoms with Gasteiger partial charge < -0.3 is 19.0 Å². The zero-order valence-corrected chi connectivity index (χ0v) is 18.0. The first kappa shape index (κ1) is 20.3. The summed E-state index contributed by atoms with van der Waals surface area (Å²) >= 11 is 0. The normalized spacial score (nSPS) is 11.5. The quantitative estimate of drug-likeness (QED) is 0.311. The van der Waals surface area contributed by atoms with E-state index >= 15 is 0 Å². The zero-order valence-electron chi connectivity index (χ0n) is 17.0. The second-order valence-corrected chi connectivity index (χ2v) is 10.2. The molecule has 0 saturated carbocycles. The molecule has 0 aliphatic rings. The summed E-state index contributed by atoms with van der Waals surface area (Å²) in [5.41, 5.74) is 2.55. The Morgan fingerprint density at radius 1 is 1.13 bits per heavy atom. The Kier molecular flexibility index (Phi) is 6.27. The minimum atomic E-state index is -0.275. The first-order valence-corrected chi connectivity index (χ1v) is 12.5. The minimum absolute atomic E-state index is 0.130. The van der Waals surface area contributed by atoms with Gasteiger partial charge in [0, 0.05) is 50.9 Å². The summed E-state index contributed by atoms with van der Waals surface area (Å²) in [5, 5.41) is 14.5. The van der Waals surface area contributed by atoms with Crippen LogP contribution >= 0.6 is 0 Å². The number of aliphatic hydroxyl groups excluding tert-OH is 1. The summed E-state index contributed by atoms with van der Waals surface area (Å²) in [6, 6.07) is 14.2. The summed E-state index contributed by atoms with van der Waals surface area (Å²) in [6.45, 7) is 5.61. The van der Waals surface area contributed by atoms with E-state index in [-0.39, 0.29) is 15.4 Å². The van der Waals surface area contributed by atoms with E-state index < -0.39 is 0 Å². The van der Waals surface area contributed by atoms with E-state index in [4.69, 9.17) is 13.9 Å². The molecule has 30 heavy (non-hydrogen) atoms. The molecule has 0 aliphatic carbocycles. The van der Waals surface area contributed by atoms with Crippen LogP contribution in [0.1, 0.15) is 5.76 Å². The zero-order chi connectivity index (χ0) is 20.9. The molecule has 0 atom stereocenters. The van der Waals surface area contributed by atoms with Gasteiger partial charge in [0.25, 0.3) is 0 Å². The lowest BCUT2D eigenvalue weighted by Crippen LogP contribution is -2.10. The smallest absolute Gasteiger partial charge is 0.219 e. The predicted molar refractivity (Wildman–Crippen MR) is 116 cm³/mol. The van der Waals surface area contributed by atoms with Gasteiger partial charge in [-0.25, -0.2) is 9.67 Å². The molecule has 3 aromatic heterocycles. The van der Waals surface area contributed by atoms with Crippen LogP contribution in [0.3, 0.4) is 0 Å². The molecule has 0 amide bonds. The molecule has 4 aromatic rings. The number of hydrogen-bond acceptors (Lipinski definition) is 6. The van der Waals surface area contributed by atoms with E-state index in [0.717, 1.165) is 29.3 Å². The van der Waals surface area contributed by atoms with Crippen molar-refractivity contribution in [2.24, 2.45) is 0 Å². The number of furan rings is 1. The van der Waals surface area contributed by atoms with Gasteiger partial charge in [0.1, 0.15) is 30.4 Å². The van der Waals surface area contributed by atoms with Crippen LogP contribution in [0.25, 0.3) is 22.2 Å². The van der Waals surface area contributed by atoms with Crippen molar-refractivity contribution < 1.29 is 19.0 Å². The molecule has 3 heterocycles. The number of ether oxygens (including phenoxy) is 2. The summed E-state index contributed by atoms with van der Waals surface area (Å²) in [5.74, 6) is 1.62. The monoisotopic (exact) mass is 422 g/mol. The van der Waals surface area contributed by atoms with Crippen molar-refractivity contribution in [3.05, 3.63) is 60.6 Å². The number of fused-ring (bicyclic) bond motifs is 1. The van der Waals surface area contributed by atoms with Crippen molar-refractivity contribution in [2.45, 2.75) is 32.5 Å². The van der Waals surface area contributed by atoms with Crippen LogP contribution in [0, 0.1) is 0 Å². The lowest BCUT2D eigenvalue weighted by molar-refractivity contribution is 0.0801. The van der Waals surface area contributed by atoms with Crippen LogP contribution in [0.5, 0.6) is 11.6 Å². The van der Waals surface area contributed by atoms with Gasteiger partial charge >= 0.3 is 0 Å². The maximum atomic E-state index is 9.20. The first-order valence-electron chi connectivity index (χ1n) is 9.78. The van der Waals surface area contributed by atoms with Crippen molar-refractivity contribution in [1.82, 2.24) is 14.8 Å². The Labute approximate surface area is 176 Å². The maximum absolute atomic E-state index is 9.20. The Morgan fingerprint density at radius 2 is 2.03 bits per heavy atom. The minimum Gasteiger partial charge on any atom is -0.458 e. The van der Waals surface area contributed by atoms with Crippen LogP contribution in [0.2, 0.25) is 19.1 Å². The Morgan fingerprint density at radius 3 is 2.80 bits per heavy atom. The van der Waals surface area contributed by atoms with E-state index in [1.807, 2.05) is 41.1 Å². The number of pyridine rings is 1. The molecule has 155 valence electrons. The highest BCUT2D eigenvalue weighted by Gasteiger charge is 2.09. The number of aliphatic hydroxyl groups is 1. The molecule has 7 nitrogen and oxygen atoms in total. The second-order valence-electron chi connectivity index (χ2n) is 7.27. The third-order valence-corrected chi connectivity index (χ3v) is 5.83. The molecule has 0 fully saturated rings. The highest BCUT2D eigenvalue weighted by atomic mass is 28.3. The van der Waals surface area contributed by atoms with Gasteiger partial charge in [0.05, 0.1) is 5.69 Å². The Balaban J connectivity index is 1.43. The van der Waals surface area contributed by atoms with Crippen LogP contribution in [-0.2, 0) is 18.1 Å². The van der Waals surface area contributed by atoms with E-state index in [0.29, 0.717) is 29.7 Å². The van der Waals surface area contributed by atoms with Crippen molar-refractivity contribution in [3.8, 4) is 22.9 Å². The SMILES string of the molecule is C[Si](C)CCOCn1nccc1-c1ccc(Oc2ccc3cc(CO)oc3c2)nc1. The van der Waals surface area contributed by atoms with Gasteiger partial charge in [-0.3, -0.25) is 0 Å². The van der Waals surface area contributed by atoms with Gasteiger partial charge in [0.2, 0.25) is 5.88 Å². The van der Waals surface area contributed by atoms with E-state index in [1.54, 1.807) is 18.5 Å². The molecule has 1 radical (unpaired) electrons. The molecule has 0 unspecified atom stereocenters. The maximum Gasteiger partial charge on any atom is 0.219 e. The van der Waals surface area contributed by atoms with Crippen LogP contribution in [0.15, 0.2) is 59.3 Å². The average molecular weight is 423 g/mol. The molecule has 1 N–H and O–H groups in total. The number of aromatic nitrogens is 3. The van der Waals surface area contributed by atoms with Gasteiger partial charge in [-0.15, -0.1) is 0 Å². The number of rotatable bonds is 9. The largest absolute Gasteiger partial charge is 0.458 e. The van der Waals surface area contributed by atoms with E-state index in [1.165, 1.54) is 0 Å². The topological polar surface area (TPSA) is 82.5 Å². The van der Waals surface area contributed by atoms with Crippen molar-refractivity contribution >= 4 is 19.8 Å². The van der Waals surface area contributed by atoms with Gasteiger partial charge in [-0.05, 0) is 36.4 Å². The standard InChI is InChI=1S/C22H24N3O4Si/c1-30(2)10-9-27-15-25-20(7-8-24-25)17-4-6-22(23-13-17)29-18-5-3-16-11-19(14-26)28-21(16)12-18/h3-8,11-13,26H,9-10,14-15H2,1-2H3. The third kappa shape index (κ3) is 4.78. The van der Waals surface area contributed by atoms with Gasteiger partial charge in [-0.2, -0.15) is 5.10 Å². The highest BCUT2D eigenvalue weighted by Crippen LogP contribution is 2.28. The fraction of sp³-hybridized carbons (Fsp3) is 0.273. The molecule has 0 spiro atoms. The highest BCUT2D eigenvalue weighted by molar-refractivity contribution is 6.55. The number of nitrogens with zero attached hydrogens (tertiary/aromatic N) is 3. The van der Waals surface area contributed by atoms with E-state index in [2.05, 4.69) is 23.2 Å². The summed E-state index contributed by atoms with van der Waals surface area (Å²) in [4.78, 5) is 4.42. The lowest BCUT2D eigenvalue weighted by Gasteiger charge is -2.10. The molecule has 1 aromatic carbocycles. The molecule has 0 bridgehead atoms. The molecule has 4 rings (SSSR count). The fourth-order valence-electron chi connectivity index (χ4n) is 3.03. The summed E-state index contributed by atoms with van der Waals surface area (Å²) in [7, 11) is -0.275. The second kappa shape index (κ2) is 9.25. The molecule has 8 heteroatoms. The van der Waals surface area contributed by atoms with Crippen molar-refractivity contribution in [1.29, 1.82) is 0 Å². The van der Waals surface area contributed by atoms with Crippen LogP contribution < -0.4 is 4.74 Å². The van der Waals surface area contributed by atoms with E-state index in [9.17, 15) is 5.11 Å². The van der Waals surface area contributed by atoms with Crippen LogP contribution in [-0.4, -0.2) is 35.3 Å². The molecule has 0 aliphatic heterocycles. The first-order chi connectivity index (χ1) is 14.6.